The molecule has 1 aromatic heterocycles. The van der Waals surface area contributed by atoms with Gasteiger partial charge in [-0.3, -0.25) is 4.79 Å². The fraction of sp³-hybridized carbons (Fsp3) is 0.389. The van der Waals surface area contributed by atoms with Crippen LogP contribution >= 0.6 is 0 Å². The minimum Gasteiger partial charge on any atom is -0.454 e. The number of nitrogens with one attached hydrogen (secondary N) is 2. The third-order valence-corrected chi connectivity index (χ3v) is 5.76. The topological polar surface area (TPSA) is 116 Å². The molecular formula is C18H20N2O7S. The van der Waals surface area contributed by atoms with E-state index in [1.54, 1.807) is 18.2 Å². The average molecular weight is 408 g/mol. The first-order chi connectivity index (χ1) is 13.5. The largest absolute Gasteiger partial charge is 0.454 e. The highest BCUT2D eigenvalue weighted by Crippen LogP contribution is 2.32. The molecule has 4 rings (SSSR count). The van der Waals surface area contributed by atoms with Gasteiger partial charge in [-0.2, -0.15) is 0 Å². The summed E-state index contributed by atoms with van der Waals surface area (Å²) >= 11 is 0. The van der Waals surface area contributed by atoms with Crippen molar-refractivity contribution in [2.75, 3.05) is 19.9 Å². The Morgan fingerprint density at radius 3 is 2.82 bits per heavy atom. The van der Waals surface area contributed by atoms with Crippen molar-refractivity contribution in [2.24, 2.45) is 0 Å². The Balaban J connectivity index is 1.35. The van der Waals surface area contributed by atoms with Gasteiger partial charge in [-0.25, -0.2) is 13.1 Å². The van der Waals surface area contributed by atoms with E-state index in [1.807, 2.05) is 0 Å². The van der Waals surface area contributed by atoms with Crippen LogP contribution in [0, 0.1) is 0 Å². The number of benzene rings is 1. The van der Waals surface area contributed by atoms with Crippen LogP contribution in [0.3, 0.4) is 0 Å². The second-order valence-corrected chi connectivity index (χ2v) is 8.17. The zero-order valence-electron chi connectivity index (χ0n) is 15.0. The van der Waals surface area contributed by atoms with Gasteiger partial charge in [0.2, 0.25) is 11.9 Å². The predicted molar refractivity (Wildman–Crippen MR) is 96.6 cm³/mol. The number of furan rings is 1. The zero-order valence-corrected chi connectivity index (χ0v) is 15.8. The summed E-state index contributed by atoms with van der Waals surface area (Å²) in [5, 5.41) is 2.37. The Labute approximate surface area is 162 Å². The van der Waals surface area contributed by atoms with E-state index in [9.17, 15) is 13.2 Å². The summed E-state index contributed by atoms with van der Waals surface area (Å²) in [5.74, 6) is 0.644. The van der Waals surface area contributed by atoms with E-state index < -0.39 is 15.9 Å². The molecule has 9 nitrogen and oxygen atoms in total. The summed E-state index contributed by atoms with van der Waals surface area (Å²) in [7, 11) is -3.91. The lowest BCUT2D eigenvalue weighted by molar-refractivity contribution is 0.0831. The molecule has 3 heterocycles. The Bertz CT molecular complexity index is 964. The van der Waals surface area contributed by atoms with E-state index in [1.165, 1.54) is 12.1 Å². The third-order valence-electron chi connectivity index (χ3n) is 4.49. The predicted octanol–water partition coefficient (Wildman–Crippen LogP) is 1.40. The van der Waals surface area contributed by atoms with Gasteiger partial charge in [-0.15, -0.1) is 0 Å². The summed E-state index contributed by atoms with van der Waals surface area (Å²) in [6.07, 6.45) is 1.85. The van der Waals surface area contributed by atoms with E-state index in [-0.39, 0.29) is 30.3 Å². The van der Waals surface area contributed by atoms with Gasteiger partial charge in [0.25, 0.3) is 15.9 Å². The third kappa shape index (κ3) is 4.13. The number of amides is 1. The monoisotopic (exact) mass is 408 g/mol. The average Bonchev–Trinajstić information content (AvgIpc) is 3.45. The molecule has 1 saturated heterocycles. The second kappa shape index (κ2) is 7.82. The Hall–Kier alpha value is -2.56. The van der Waals surface area contributed by atoms with Crippen LogP contribution in [-0.2, 0) is 21.3 Å². The number of hydrogen-bond donors (Lipinski definition) is 2. The van der Waals surface area contributed by atoms with Crippen LogP contribution in [0.25, 0.3) is 0 Å². The molecule has 2 aliphatic heterocycles. The molecule has 0 saturated carbocycles. The van der Waals surface area contributed by atoms with Gasteiger partial charge < -0.3 is 23.9 Å². The number of ether oxygens (including phenoxy) is 3. The van der Waals surface area contributed by atoms with Gasteiger partial charge in [0, 0.05) is 19.7 Å². The highest BCUT2D eigenvalue weighted by atomic mass is 32.2. The molecule has 0 radical (unpaired) electrons. The van der Waals surface area contributed by atoms with E-state index in [2.05, 4.69) is 10.0 Å². The van der Waals surface area contributed by atoms with Crippen LogP contribution in [0.5, 0.6) is 11.5 Å². The summed E-state index contributed by atoms with van der Waals surface area (Å²) in [4.78, 5) is 12.1. The zero-order chi connectivity index (χ0) is 19.6. The van der Waals surface area contributed by atoms with Crippen molar-refractivity contribution >= 4 is 15.9 Å². The van der Waals surface area contributed by atoms with Gasteiger partial charge in [0.1, 0.15) is 0 Å². The van der Waals surface area contributed by atoms with Crippen molar-refractivity contribution in [3.63, 3.8) is 0 Å². The molecule has 10 heteroatoms. The van der Waals surface area contributed by atoms with Crippen molar-refractivity contribution in [1.82, 2.24) is 10.0 Å². The van der Waals surface area contributed by atoms with Crippen LogP contribution in [0.4, 0.5) is 0 Å². The molecule has 1 amide bonds. The number of carbonyl (C=O) groups is 1. The number of fused-ring (bicyclic) bond motifs is 1. The van der Waals surface area contributed by atoms with Gasteiger partial charge in [-0.05, 0) is 42.7 Å². The van der Waals surface area contributed by atoms with Crippen molar-refractivity contribution in [2.45, 2.75) is 30.6 Å². The maximum atomic E-state index is 12.4. The van der Waals surface area contributed by atoms with Gasteiger partial charge >= 0.3 is 0 Å². The first kappa shape index (κ1) is 18.8. The van der Waals surface area contributed by atoms with E-state index in [4.69, 9.17) is 18.6 Å². The molecule has 1 aromatic carbocycles. The molecular weight excluding hydrogens is 388 g/mol. The molecule has 28 heavy (non-hydrogen) atoms. The number of carbonyl (C=O) groups excluding carboxylic acids is 1. The van der Waals surface area contributed by atoms with Crippen LogP contribution in [0.2, 0.25) is 0 Å². The standard InChI is InChI=1S/C18H20N2O7S/c21-18(19-10-13-2-1-7-24-13)15-5-6-17(27-15)28(22,23)20-9-12-3-4-14-16(8-12)26-11-25-14/h3-6,8,13,20H,1-2,7,9-11H2,(H,19,21)/t13-/m1/s1. The van der Waals surface area contributed by atoms with Crippen molar-refractivity contribution in [3.8, 4) is 11.5 Å². The highest BCUT2D eigenvalue weighted by molar-refractivity contribution is 7.89. The molecule has 1 atom stereocenters. The van der Waals surface area contributed by atoms with Crippen molar-refractivity contribution in [1.29, 1.82) is 0 Å². The lowest BCUT2D eigenvalue weighted by Crippen LogP contribution is -2.31. The summed E-state index contributed by atoms with van der Waals surface area (Å²) in [6.45, 7) is 1.25. The van der Waals surface area contributed by atoms with E-state index >= 15 is 0 Å². The summed E-state index contributed by atoms with van der Waals surface area (Å²) in [6, 6.07) is 7.75. The Morgan fingerprint density at radius 2 is 2.00 bits per heavy atom. The molecule has 0 aliphatic carbocycles. The maximum Gasteiger partial charge on any atom is 0.287 e. The van der Waals surface area contributed by atoms with Crippen LogP contribution in [0.15, 0.2) is 39.8 Å². The number of hydrogen-bond acceptors (Lipinski definition) is 7. The molecule has 0 unspecified atom stereocenters. The van der Waals surface area contributed by atoms with Gasteiger partial charge in [0.05, 0.1) is 6.10 Å². The maximum absolute atomic E-state index is 12.4. The van der Waals surface area contributed by atoms with Crippen LogP contribution in [-0.4, -0.2) is 40.4 Å². The normalized spacial score (nSPS) is 18.4. The van der Waals surface area contributed by atoms with E-state index in [0.29, 0.717) is 30.2 Å². The minimum atomic E-state index is -3.91. The van der Waals surface area contributed by atoms with Gasteiger partial charge in [0.15, 0.2) is 17.3 Å². The summed E-state index contributed by atoms with van der Waals surface area (Å²) in [5.41, 5.74) is 0.703. The van der Waals surface area contributed by atoms with E-state index in [0.717, 1.165) is 12.8 Å². The molecule has 0 bridgehead atoms. The summed E-state index contributed by atoms with van der Waals surface area (Å²) < 4.78 is 48.5. The van der Waals surface area contributed by atoms with Crippen LogP contribution in [0.1, 0.15) is 29.0 Å². The fourth-order valence-electron chi connectivity index (χ4n) is 2.99. The molecule has 150 valence electrons. The SMILES string of the molecule is O=C(NC[C@H]1CCCO1)c1ccc(S(=O)(=O)NCc2ccc3c(c2)OCO3)o1. The van der Waals surface area contributed by atoms with Crippen molar-refractivity contribution in [3.05, 3.63) is 41.7 Å². The van der Waals surface area contributed by atoms with Crippen molar-refractivity contribution < 1.29 is 31.8 Å². The second-order valence-electron chi connectivity index (χ2n) is 6.48. The lowest BCUT2D eigenvalue weighted by atomic mass is 10.2. The minimum absolute atomic E-state index is 0.00881. The smallest absolute Gasteiger partial charge is 0.287 e. The highest BCUT2D eigenvalue weighted by Gasteiger charge is 2.23. The molecule has 2 aromatic rings. The fourth-order valence-corrected chi connectivity index (χ4v) is 3.93. The molecule has 2 N–H and O–H groups in total. The Morgan fingerprint density at radius 1 is 1.14 bits per heavy atom. The molecule has 2 aliphatic rings. The quantitative estimate of drug-likeness (QED) is 0.711. The first-order valence-corrected chi connectivity index (χ1v) is 10.4. The first-order valence-electron chi connectivity index (χ1n) is 8.89. The number of rotatable bonds is 7. The van der Waals surface area contributed by atoms with Gasteiger partial charge in [-0.1, -0.05) is 6.07 Å². The Kier molecular flexibility index (Phi) is 5.25. The number of sulfonamides is 1. The van der Waals surface area contributed by atoms with Crippen LogP contribution < -0.4 is 19.5 Å². The molecule has 0 spiro atoms. The lowest BCUT2D eigenvalue weighted by Gasteiger charge is -2.09. The molecule has 1 fully saturated rings.